The van der Waals surface area contributed by atoms with Crippen LogP contribution >= 0.6 is 27.3 Å². The van der Waals surface area contributed by atoms with Crippen LogP contribution in [0.3, 0.4) is 0 Å². The van der Waals surface area contributed by atoms with E-state index in [9.17, 15) is 4.79 Å². The minimum absolute atomic E-state index is 0.232. The fourth-order valence-corrected chi connectivity index (χ4v) is 2.29. The quantitative estimate of drug-likeness (QED) is 0.911. The van der Waals surface area contributed by atoms with Crippen LogP contribution in [0.1, 0.15) is 15.4 Å². The summed E-state index contributed by atoms with van der Waals surface area (Å²) in [6.07, 6.45) is 0. The van der Waals surface area contributed by atoms with Gasteiger partial charge in [0, 0.05) is 4.47 Å². The summed E-state index contributed by atoms with van der Waals surface area (Å²) in [5.41, 5.74) is 0.988. The predicted octanol–water partition coefficient (Wildman–Crippen LogP) is 3.05. The number of carbonyl (C=O) groups is 1. The van der Waals surface area contributed by atoms with Gasteiger partial charge in [-0.2, -0.15) is 0 Å². The molecule has 0 bridgehead atoms. The third kappa shape index (κ3) is 2.80. The smallest absolute Gasteiger partial charge is 0.335 e. The number of aryl methyl sites for hydroxylation is 1. The SMILES string of the molecule is Cc1nnc(Nc2ccc(C(=O)O)cc2Br)s1. The number of hydrogen-bond acceptors (Lipinski definition) is 5. The van der Waals surface area contributed by atoms with E-state index in [4.69, 9.17) is 5.11 Å². The van der Waals surface area contributed by atoms with E-state index in [0.29, 0.717) is 9.60 Å². The van der Waals surface area contributed by atoms with Crippen molar-refractivity contribution in [1.82, 2.24) is 10.2 Å². The average Bonchev–Trinajstić information content (AvgIpc) is 2.67. The Bertz CT molecular complexity index is 570. The fourth-order valence-electron chi connectivity index (χ4n) is 1.21. The monoisotopic (exact) mass is 313 g/mol. The Labute approximate surface area is 110 Å². The molecule has 0 aliphatic heterocycles. The van der Waals surface area contributed by atoms with Gasteiger partial charge in [-0.15, -0.1) is 10.2 Å². The molecular weight excluding hydrogens is 306 g/mol. The van der Waals surface area contributed by atoms with Gasteiger partial charge in [0.15, 0.2) is 0 Å². The highest BCUT2D eigenvalue weighted by atomic mass is 79.9. The number of carboxylic acids is 1. The van der Waals surface area contributed by atoms with Crippen molar-refractivity contribution in [2.24, 2.45) is 0 Å². The van der Waals surface area contributed by atoms with E-state index >= 15 is 0 Å². The molecule has 0 saturated carbocycles. The first-order valence-electron chi connectivity index (χ1n) is 4.66. The summed E-state index contributed by atoms with van der Waals surface area (Å²) in [5, 5.41) is 21.2. The maximum atomic E-state index is 10.8. The van der Waals surface area contributed by atoms with E-state index in [1.54, 1.807) is 12.1 Å². The number of benzene rings is 1. The summed E-state index contributed by atoms with van der Waals surface area (Å²) in [5.74, 6) is -0.955. The van der Waals surface area contributed by atoms with Gasteiger partial charge in [-0.3, -0.25) is 0 Å². The largest absolute Gasteiger partial charge is 0.478 e. The Morgan fingerprint density at radius 1 is 1.47 bits per heavy atom. The van der Waals surface area contributed by atoms with Crippen molar-refractivity contribution >= 4 is 44.1 Å². The maximum Gasteiger partial charge on any atom is 0.335 e. The number of aromatic nitrogens is 2. The van der Waals surface area contributed by atoms with Gasteiger partial charge >= 0.3 is 5.97 Å². The third-order valence-electron chi connectivity index (χ3n) is 1.98. The van der Waals surface area contributed by atoms with Crippen molar-refractivity contribution in [2.45, 2.75) is 6.92 Å². The van der Waals surface area contributed by atoms with Crippen LogP contribution in [0, 0.1) is 6.92 Å². The summed E-state index contributed by atoms with van der Waals surface area (Å²) in [6, 6.07) is 4.76. The van der Waals surface area contributed by atoms with Crippen molar-refractivity contribution in [1.29, 1.82) is 0 Å². The number of carboxylic acid groups (broad SMARTS) is 1. The highest BCUT2D eigenvalue weighted by Crippen LogP contribution is 2.28. The molecular formula is C10H8BrN3O2S. The molecule has 0 aliphatic carbocycles. The van der Waals surface area contributed by atoms with Crippen molar-refractivity contribution in [2.75, 3.05) is 5.32 Å². The Morgan fingerprint density at radius 2 is 2.24 bits per heavy atom. The summed E-state index contributed by atoms with van der Waals surface area (Å²) in [6.45, 7) is 1.87. The lowest BCUT2D eigenvalue weighted by molar-refractivity contribution is 0.0697. The highest BCUT2D eigenvalue weighted by Gasteiger charge is 2.08. The molecule has 1 heterocycles. The van der Waals surface area contributed by atoms with Crippen LogP contribution in [-0.2, 0) is 0 Å². The van der Waals surface area contributed by atoms with Crippen molar-refractivity contribution in [3.8, 4) is 0 Å². The van der Waals surface area contributed by atoms with E-state index < -0.39 is 5.97 Å². The second kappa shape index (κ2) is 4.80. The van der Waals surface area contributed by atoms with Crippen molar-refractivity contribution in [3.05, 3.63) is 33.2 Å². The molecule has 0 radical (unpaired) electrons. The molecule has 2 N–H and O–H groups in total. The molecule has 5 nitrogen and oxygen atoms in total. The molecule has 7 heteroatoms. The van der Waals surface area contributed by atoms with Crippen LogP contribution in [0.2, 0.25) is 0 Å². The predicted molar refractivity (Wildman–Crippen MR) is 69.0 cm³/mol. The van der Waals surface area contributed by atoms with E-state index in [0.717, 1.165) is 10.7 Å². The number of nitrogens with one attached hydrogen (secondary N) is 1. The summed E-state index contributed by atoms with van der Waals surface area (Å²) in [7, 11) is 0. The lowest BCUT2D eigenvalue weighted by Gasteiger charge is -2.05. The second-order valence-corrected chi connectivity index (χ2v) is 5.29. The molecule has 0 saturated heterocycles. The number of anilines is 2. The van der Waals surface area contributed by atoms with Crippen molar-refractivity contribution in [3.63, 3.8) is 0 Å². The standard InChI is InChI=1S/C10H8BrN3O2S/c1-5-13-14-10(17-5)12-8-3-2-6(9(15)16)4-7(8)11/h2-4H,1H3,(H,12,14)(H,15,16). The molecule has 2 aromatic rings. The minimum atomic E-state index is -0.955. The van der Waals surface area contributed by atoms with Gasteiger partial charge in [0.1, 0.15) is 5.01 Å². The van der Waals surface area contributed by atoms with Crippen LogP contribution in [0.25, 0.3) is 0 Å². The first-order valence-corrected chi connectivity index (χ1v) is 6.27. The Kier molecular flexibility index (Phi) is 3.39. The zero-order valence-corrected chi connectivity index (χ0v) is 11.2. The van der Waals surface area contributed by atoms with E-state index in [2.05, 4.69) is 31.4 Å². The van der Waals surface area contributed by atoms with Crippen LogP contribution in [0.15, 0.2) is 22.7 Å². The Hall–Kier alpha value is -1.47. The zero-order chi connectivity index (χ0) is 12.4. The lowest BCUT2D eigenvalue weighted by Crippen LogP contribution is -1.97. The van der Waals surface area contributed by atoms with Gasteiger partial charge in [-0.25, -0.2) is 4.79 Å². The zero-order valence-electron chi connectivity index (χ0n) is 8.77. The second-order valence-electron chi connectivity index (χ2n) is 3.25. The molecule has 0 fully saturated rings. The summed E-state index contributed by atoms with van der Waals surface area (Å²) < 4.78 is 0.672. The first-order chi connectivity index (χ1) is 8.06. The van der Waals surface area contributed by atoms with Gasteiger partial charge < -0.3 is 10.4 Å². The molecule has 1 aromatic heterocycles. The third-order valence-corrected chi connectivity index (χ3v) is 3.39. The average molecular weight is 314 g/mol. The Morgan fingerprint density at radius 3 is 2.76 bits per heavy atom. The molecule has 2 rings (SSSR count). The molecule has 0 atom stereocenters. The number of hydrogen-bond donors (Lipinski definition) is 2. The van der Waals surface area contributed by atoms with Gasteiger partial charge in [0.05, 0.1) is 11.3 Å². The normalized spacial score (nSPS) is 10.2. The van der Waals surface area contributed by atoms with Gasteiger partial charge in [0.2, 0.25) is 5.13 Å². The lowest BCUT2D eigenvalue weighted by atomic mass is 10.2. The molecule has 0 amide bonds. The Balaban J connectivity index is 2.25. The molecule has 88 valence electrons. The maximum absolute atomic E-state index is 10.8. The van der Waals surface area contributed by atoms with Gasteiger partial charge in [-0.05, 0) is 41.1 Å². The number of rotatable bonds is 3. The number of halogens is 1. The number of nitrogens with zero attached hydrogens (tertiary/aromatic N) is 2. The molecule has 1 aromatic carbocycles. The molecule has 0 aliphatic rings. The summed E-state index contributed by atoms with van der Waals surface area (Å²) in [4.78, 5) is 10.8. The topological polar surface area (TPSA) is 75.1 Å². The highest BCUT2D eigenvalue weighted by molar-refractivity contribution is 9.10. The van der Waals surface area contributed by atoms with Crippen molar-refractivity contribution < 1.29 is 9.90 Å². The molecule has 0 unspecified atom stereocenters. The minimum Gasteiger partial charge on any atom is -0.478 e. The fraction of sp³-hybridized carbons (Fsp3) is 0.100. The van der Waals surface area contributed by atoms with E-state index in [-0.39, 0.29) is 5.56 Å². The van der Waals surface area contributed by atoms with E-state index in [1.807, 2.05) is 6.92 Å². The van der Waals surface area contributed by atoms with Gasteiger partial charge in [-0.1, -0.05) is 11.3 Å². The van der Waals surface area contributed by atoms with E-state index in [1.165, 1.54) is 17.4 Å². The molecule has 17 heavy (non-hydrogen) atoms. The first kappa shape index (κ1) is 12.0. The molecule has 0 spiro atoms. The number of aromatic carboxylic acids is 1. The summed E-state index contributed by atoms with van der Waals surface area (Å²) >= 11 is 4.74. The van der Waals surface area contributed by atoms with Gasteiger partial charge in [0.25, 0.3) is 0 Å². The van der Waals surface area contributed by atoms with Crippen LogP contribution in [-0.4, -0.2) is 21.3 Å². The van der Waals surface area contributed by atoms with Crippen LogP contribution in [0.5, 0.6) is 0 Å². The van der Waals surface area contributed by atoms with Crippen LogP contribution < -0.4 is 5.32 Å². The van der Waals surface area contributed by atoms with Crippen LogP contribution in [0.4, 0.5) is 10.8 Å².